The molecule has 2 aliphatic rings. The predicted octanol–water partition coefficient (Wildman–Crippen LogP) is 2.02. The van der Waals surface area contributed by atoms with E-state index in [9.17, 15) is 4.79 Å². The summed E-state index contributed by atoms with van der Waals surface area (Å²) in [6.45, 7) is 7.72. The van der Waals surface area contributed by atoms with Crippen molar-refractivity contribution in [3.05, 3.63) is 29.8 Å². The summed E-state index contributed by atoms with van der Waals surface area (Å²) in [5.41, 5.74) is 6.50. The average molecular weight is 332 g/mol. The van der Waals surface area contributed by atoms with Gasteiger partial charge in [0.15, 0.2) is 0 Å². The van der Waals surface area contributed by atoms with Crippen LogP contribution in [0.3, 0.4) is 0 Å². The van der Waals surface area contributed by atoms with Crippen LogP contribution in [-0.4, -0.2) is 37.3 Å². The molecule has 5 nitrogen and oxygen atoms in total. The largest absolute Gasteiger partial charge is 0.492 e. The van der Waals surface area contributed by atoms with Crippen molar-refractivity contribution in [2.45, 2.75) is 45.3 Å². The van der Waals surface area contributed by atoms with E-state index in [-0.39, 0.29) is 23.3 Å². The summed E-state index contributed by atoms with van der Waals surface area (Å²) in [7, 11) is 0. The van der Waals surface area contributed by atoms with Crippen LogP contribution in [0.2, 0.25) is 0 Å². The van der Waals surface area contributed by atoms with Crippen LogP contribution in [0.4, 0.5) is 0 Å². The fraction of sp³-hybridized carbons (Fsp3) is 0.632. The van der Waals surface area contributed by atoms with Crippen LogP contribution >= 0.6 is 0 Å². The van der Waals surface area contributed by atoms with Gasteiger partial charge < -0.3 is 20.5 Å². The Hall–Kier alpha value is -1.59. The maximum Gasteiger partial charge on any atom is 0.241 e. The number of amides is 1. The van der Waals surface area contributed by atoms with Gasteiger partial charge in [-0.3, -0.25) is 4.79 Å². The molecule has 24 heavy (non-hydrogen) atoms. The molecule has 0 spiro atoms. The molecule has 3 rings (SSSR count). The number of nitrogens with two attached hydrogens (primary N) is 1. The number of hydrogen-bond acceptors (Lipinski definition) is 4. The van der Waals surface area contributed by atoms with Gasteiger partial charge in [-0.2, -0.15) is 0 Å². The highest BCUT2D eigenvalue weighted by Crippen LogP contribution is 2.57. The summed E-state index contributed by atoms with van der Waals surface area (Å²) in [6, 6.07) is 7.87. The van der Waals surface area contributed by atoms with Crippen molar-refractivity contribution in [1.82, 2.24) is 5.32 Å². The summed E-state index contributed by atoms with van der Waals surface area (Å²) in [5, 5.41) is 2.95. The van der Waals surface area contributed by atoms with Gasteiger partial charge in [-0.05, 0) is 37.5 Å². The van der Waals surface area contributed by atoms with Gasteiger partial charge in [-0.1, -0.05) is 26.0 Å². The fourth-order valence-corrected chi connectivity index (χ4v) is 4.22. The molecular weight excluding hydrogens is 304 g/mol. The van der Waals surface area contributed by atoms with Crippen molar-refractivity contribution in [3.63, 3.8) is 0 Å². The van der Waals surface area contributed by atoms with Crippen LogP contribution in [0.5, 0.6) is 5.75 Å². The number of rotatable bonds is 5. The zero-order valence-electron chi connectivity index (χ0n) is 14.8. The molecule has 1 saturated heterocycles. The Balaban J connectivity index is 1.53. The highest BCUT2D eigenvalue weighted by Gasteiger charge is 2.70. The van der Waals surface area contributed by atoms with Gasteiger partial charge in [-0.15, -0.1) is 0 Å². The third-order valence-corrected chi connectivity index (χ3v) is 5.71. The molecular formula is C19H28N2O3. The molecule has 3 atom stereocenters. The van der Waals surface area contributed by atoms with Gasteiger partial charge in [0.1, 0.15) is 17.9 Å². The first-order chi connectivity index (χ1) is 11.4. The third-order valence-electron chi connectivity index (χ3n) is 5.71. The first kappa shape index (κ1) is 17.2. The van der Waals surface area contributed by atoms with E-state index in [0.717, 1.165) is 30.8 Å². The highest BCUT2D eigenvalue weighted by molar-refractivity contribution is 5.89. The molecule has 1 heterocycles. The lowest BCUT2D eigenvalue weighted by atomic mass is 9.46. The second-order valence-corrected chi connectivity index (χ2v) is 7.55. The van der Waals surface area contributed by atoms with E-state index < -0.39 is 5.54 Å². The first-order valence-corrected chi connectivity index (χ1v) is 8.75. The van der Waals surface area contributed by atoms with Crippen molar-refractivity contribution < 1.29 is 14.3 Å². The van der Waals surface area contributed by atoms with Gasteiger partial charge in [0.2, 0.25) is 5.91 Å². The van der Waals surface area contributed by atoms with Crippen molar-refractivity contribution in [2.75, 3.05) is 19.8 Å². The smallest absolute Gasteiger partial charge is 0.241 e. The lowest BCUT2D eigenvalue weighted by molar-refractivity contribution is -0.225. The molecule has 1 aromatic rings. The lowest BCUT2D eigenvalue weighted by Gasteiger charge is -2.65. The molecule has 3 unspecified atom stereocenters. The second-order valence-electron chi connectivity index (χ2n) is 7.55. The Kier molecular flexibility index (Phi) is 4.58. The average Bonchev–Trinajstić information content (AvgIpc) is 2.57. The van der Waals surface area contributed by atoms with Crippen LogP contribution in [-0.2, 0) is 9.53 Å². The SMILES string of the molecule is Cc1cccc(OCCNC(=O)C2(N)C3CCCOC3C2(C)C)c1. The minimum atomic E-state index is -0.860. The van der Waals surface area contributed by atoms with Crippen molar-refractivity contribution in [1.29, 1.82) is 0 Å². The predicted molar refractivity (Wildman–Crippen MR) is 92.8 cm³/mol. The molecule has 1 aliphatic heterocycles. The van der Waals surface area contributed by atoms with Gasteiger partial charge in [0.25, 0.3) is 0 Å². The third kappa shape index (κ3) is 2.70. The fourth-order valence-electron chi connectivity index (χ4n) is 4.22. The maximum absolute atomic E-state index is 12.7. The van der Waals surface area contributed by atoms with Gasteiger partial charge >= 0.3 is 0 Å². The molecule has 0 bridgehead atoms. The normalized spacial score (nSPS) is 30.8. The molecule has 2 fully saturated rings. The Labute approximate surface area is 143 Å². The van der Waals surface area contributed by atoms with Crippen molar-refractivity contribution in [2.24, 2.45) is 17.1 Å². The van der Waals surface area contributed by atoms with E-state index in [2.05, 4.69) is 5.32 Å². The van der Waals surface area contributed by atoms with E-state index >= 15 is 0 Å². The molecule has 0 aromatic heterocycles. The van der Waals surface area contributed by atoms with Crippen molar-refractivity contribution >= 4 is 5.91 Å². The highest BCUT2D eigenvalue weighted by atomic mass is 16.5. The quantitative estimate of drug-likeness (QED) is 0.809. The van der Waals surface area contributed by atoms with Crippen molar-refractivity contribution in [3.8, 4) is 5.75 Å². The number of carbonyl (C=O) groups is 1. The maximum atomic E-state index is 12.7. The van der Waals surface area contributed by atoms with E-state index in [1.54, 1.807) is 0 Å². The Morgan fingerprint density at radius 3 is 3.00 bits per heavy atom. The zero-order valence-corrected chi connectivity index (χ0v) is 14.8. The molecule has 1 amide bonds. The summed E-state index contributed by atoms with van der Waals surface area (Å²) in [6.07, 6.45) is 2.02. The van der Waals surface area contributed by atoms with Crippen LogP contribution in [0.1, 0.15) is 32.3 Å². The Bertz CT molecular complexity index is 616. The van der Waals surface area contributed by atoms with Gasteiger partial charge in [-0.25, -0.2) is 0 Å². The molecule has 1 saturated carbocycles. The summed E-state index contributed by atoms with van der Waals surface area (Å²) < 4.78 is 11.5. The molecule has 1 aromatic carbocycles. The number of nitrogens with one attached hydrogen (secondary N) is 1. The van der Waals surface area contributed by atoms with Crippen LogP contribution in [0.25, 0.3) is 0 Å². The molecule has 5 heteroatoms. The Morgan fingerprint density at radius 2 is 2.25 bits per heavy atom. The van der Waals surface area contributed by atoms with Crippen LogP contribution < -0.4 is 15.8 Å². The lowest BCUT2D eigenvalue weighted by Crippen LogP contribution is -2.82. The molecule has 1 aliphatic carbocycles. The summed E-state index contributed by atoms with van der Waals surface area (Å²) >= 11 is 0. The molecule has 0 radical (unpaired) electrons. The minimum absolute atomic E-state index is 0.0885. The number of benzene rings is 1. The Morgan fingerprint density at radius 1 is 1.46 bits per heavy atom. The monoisotopic (exact) mass is 332 g/mol. The molecule has 132 valence electrons. The first-order valence-electron chi connectivity index (χ1n) is 8.75. The number of fused-ring (bicyclic) bond motifs is 1. The minimum Gasteiger partial charge on any atom is -0.492 e. The topological polar surface area (TPSA) is 73.6 Å². The zero-order chi connectivity index (χ0) is 17.4. The van der Waals surface area contributed by atoms with Gasteiger partial charge in [0, 0.05) is 17.9 Å². The number of ether oxygens (including phenoxy) is 2. The van der Waals surface area contributed by atoms with E-state index in [1.807, 2.05) is 45.0 Å². The van der Waals surface area contributed by atoms with Crippen LogP contribution in [0.15, 0.2) is 24.3 Å². The number of carbonyl (C=O) groups excluding carboxylic acids is 1. The van der Waals surface area contributed by atoms with E-state index in [0.29, 0.717) is 13.2 Å². The van der Waals surface area contributed by atoms with E-state index in [4.69, 9.17) is 15.2 Å². The standard InChI is InChI=1S/C19H28N2O3/c1-13-6-4-7-14(12-13)23-11-9-21-17(22)19(20)15-8-5-10-24-16(15)18(19,2)3/h4,6-7,12,15-16H,5,8-11,20H2,1-3H3,(H,21,22). The van der Waals surface area contributed by atoms with Crippen LogP contribution in [0, 0.1) is 18.3 Å². The van der Waals surface area contributed by atoms with Gasteiger partial charge in [0.05, 0.1) is 12.6 Å². The number of aryl methyl sites for hydroxylation is 1. The van der Waals surface area contributed by atoms with E-state index in [1.165, 1.54) is 0 Å². The summed E-state index contributed by atoms with van der Waals surface area (Å²) in [4.78, 5) is 12.7. The molecule has 3 N–H and O–H groups in total. The number of hydrogen-bond donors (Lipinski definition) is 2. The second kappa shape index (κ2) is 6.37. The summed E-state index contributed by atoms with van der Waals surface area (Å²) in [5.74, 6) is 0.836.